The number of guanidine groups is 1. The van der Waals surface area contributed by atoms with Gasteiger partial charge in [0.2, 0.25) is 0 Å². The highest BCUT2D eigenvalue weighted by molar-refractivity contribution is 5.79. The molecule has 0 aliphatic rings. The number of hydrogen-bond donors (Lipinski definition) is 2. The first-order valence-corrected chi connectivity index (χ1v) is 9.57. The fraction of sp³-hybridized carbons (Fsp3) is 0.286. The first kappa shape index (κ1) is 21.2. The van der Waals surface area contributed by atoms with Crippen LogP contribution in [0.4, 0.5) is 8.78 Å². The lowest BCUT2D eigenvalue weighted by molar-refractivity contribution is -0.0504. The van der Waals surface area contributed by atoms with Gasteiger partial charge >= 0.3 is 6.61 Å². The third kappa shape index (κ3) is 5.76. The molecule has 1 aromatic heterocycles. The molecule has 0 aliphatic carbocycles. The van der Waals surface area contributed by atoms with Crippen LogP contribution < -0.4 is 15.4 Å². The van der Waals surface area contributed by atoms with Gasteiger partial charge in [-0.2, -0.15) is 8.78 Å². The van der Waals surface area contributed by atoms with Crippen LogP contribution in [0.15, 0.2) is 59.9 Å². The standard InChI is InChI=1S/C21H24F2N6O/c1-3-24-21(25-12-16-11-15(2)9-10-18(16)30-20(22)23)26-13-19-28-27-14-29(19)17-7-5-4-6-8-17/h4-11,14,20H,3,12-13H2,1-2H3,(H2,24,25,26). The van der Waals surface area contributed by atoms with Crippen LogP contribution in [0.2, 0.25) is 0 Å². The van der Waals surface area contributed by atoms with E-state index in [9.17, 15) is 8.78 Å². The third-order valence-electron chi connectivity index (χ3n) is 4.25. The van der Waals surface area contributed by atoms with Crippen LogP contribution in [-0.2, 0) is 13.1 Å². The van der Waals surface area contributed by atoms with Gasteiger partial charge in [-0.3, -0.25) is 4.57 Å². The minimum absolute atomic E-state index is 0.124. The number of halogens is 2. The van der Waals surface area contributed by atoms with Gasteiger partial charge in [0.1, 0.15) is 12.1 Å². The number of ether oxygens (including phenoxy) is 1. The van der Waals surface area contributed by atoms with Crippen molar-refractivity contribution in [2.45, 2.75) is 33.5 Å². The SMILES string of the molecule is CCNC(=NCc1cc(C)ccc1OC(F)F)NCc1nncn1-c1ccccc1. The summed E-state index contributed by atoms with van der Waals surface area (Å²) >= 11 is 0. The highest BCUT2D eigenvalue weighted by atomic mass is 19.3. The van der Waals surface area contributed by atoms with Crippen LogP contribution in [-0.4, -0.2) is 33.9 Å². The van der Waals surface area contributed by atoms with E-state index >= 15 is 0 Å². The number of rotatable bonds is 8. The molecule has 0 amide bonds. The Kier molecular flexibility index (Phi) is 7.31. The first-order chi connectivity index (χ1) is 14.6. The van der Waals surface area contributed by atoms with Crippen molar-refractivity contribution in [2.24, 2.45) is 4.99 Å². The molecule has 158 valence electrons. The summed E-state index contributed by atoms with van der Waals surface area (Å²) in [6.45, 7) is 2.16. The van der Waals surface area contributed by atoms with Crippen molar-refractivity contribution in [2.75, 3.05) is 6.54 Å². The van der Waals surface area contributed by atoms with Gasteiger partial charge < -0.3 is 15.4 Å². The second kappa shape index (κ2) is 10.3. The number of aromatic nitrogens is 3. The van der Waals surface area contributed by atoms with Crippen molar-refractivity contribution in [3.05, 3.63) is 71.8 Å². The Morgan fingerprint density at radius 3 is 2.70 bits per heavy atom. The van der Waals surface area contributed by atoms with Crippen molar-refractivity contribution < 1.29 is 13.5 Å². The maximum atomic E-state index is 12.7. The minimum atomic E-state index is -2.88. The topological polar surface area (TPSA) is 76.4 Å². The van der Waals surface area contributed by atoms with E-state index in [0.29, 0.717) is 30.4 Å². The molecule has 9 heteroatoms. The van der Waals surface area contributed by atoms with Crippen LogP contribution in [0.3, 0.4) is 0 Å². The molecular formula is C21H24F2N6O. The number of benzene rings is 2. The number of aliphatic imine (C=N–C) groups is 1. The largest absolute Gasteiger partial charge is 0.434 e. The molecule has 0 bridgehead atoms. The molecule has 3 rings (SSSR count). The van der Waals surface area contributed by atoms with Crippen molar-refractivity contribution >= 4 is 5.96 Å². The molecule has 1 heterocycles. The zero-order valence-electron chi connectivity index (χ0n) is 16.8. The summed E-state index contributed by atoms with van der Waals surface area (Å²) in [6, 6.07) is 14.8. The summed E-state index contributed by atoms with van der Waals surface area (Å²) in [6.07, 6.45) is 1.65. The Bertz CT molecular complexity index is 975. The Hall–Kier alpha value is -3.49. The molecule has 3 aromatic rings. The Morgan fingerprint density at radius 2 is 1.97 bits per heavy atom. The van der Waals surface area contributed by atoms with E-state index in [0.717, 1.165) is 11.3 Å². The van der Waals surface area contributed by atoms with E-state index in [1.165, 1.54) is 6.07 Å². The maximum Gasteiger partial charge on any atom is 0.387 e. The van der Waals surface area contributed by atoms with Crippen molar-refractivity contribution in [1.82, 2.24) is 25.4 Å². The second-order valence-electron chi connectivity index (χ2n) is 6.49. The van der Waals surface area contributed by atoms with Crippen LogP contribution >= 0.6 is 0 Å². The van der Waals surface area contributed by atoms with E-state index in [2.05, 4.69) is 30.6 Å². The molecular weight excluding hydrogens is 390 g/mol. The summed E-state index contributed by atoms with van der Waals surface area (Å²) in [5.74, 6) is 1.37. The van der Waals surface area contributed by atoms with Crippen LogP contribution in [0.1, 0.15) is 23.9 Å². The molecule has 0 fully saturated rings. The molecule has 2 N–H and O–H groups in total. The fourth-order valence-electron chi connectivity index (χ4n) is 2.90. The highest BCUT2D eigenvalue weighted by Crippen LogP contribution is 2.23. The van der Waals surface area contributed by atoms with Gasteiger partial charge in [0.15, 0.2) is 11.8 Å². The lowest BCUT2D eigenvalue weighted by Crippen LogP contribution is -2.37. The van der Waals surface area contributed by atoms with Crippen LogP contribution in [0, 0.1) is 6.92 Å². The van der Waals surface area contributed by atoms with Gasteiger partial charge in [0.05, 0.1) is 13.1 Å². The second-order valence-corrected chi connectivity index (χ2v) is 6.49. The Labute approximate surface area is 173 Å². The highest BCUT2D eigenvalue weighted by Gasteiger charge is 2.11. The van der Waals surface area contributed by atoms with Gasteiger partial charge in [0, 0.05) is 17.8 Å². The molecule has 7 nitrogen and oxygen atoms in total. The average molecular weight is 414 g/mol. The molecule has 0 aliphatic heterocycles. The van der Waals surface area contributed by atoms with E-state index < -0.39 is 6.61 Å². The van der Waals surface area contributed by atoms with Gasteiger partial charge in [-0.15, -0.1) is 10.2 Å². The van der Waals surface area contributed by atoms with Crippen LogP contribution in [0.25, 0.3) is 5.69 Å². The summed E-state index contributed by atoms with van der Waals surface area (Å²) < 4.78 is 31.8. The molecule has 0 radical (unpaired) electrons. The molecule has 0 unspecified atom stereocenters. The molecule has 0 spiro atoms. The van der Waals surface area contributed by atoms with Gasteiger partial charge in [-0.05, 0) is 32.0 Å². The molecule has 0 saturated heterocycles. The number of hydrogen-bond acceptors (Lipinski definition) is 4. The lowest BCUT2D eigenvalue weighted by Gasteiger charge is -2.13. The van der Waals surface area contributed by atoms with E-state index in [1.54, 1.807) is 18.5 Å². The zero-order valence-corrected chi connectivity index (χ0v) is 16.8. The normalized spacial score (nSPS) is 11.6. The van der Waals surface area contributed by atoms with E-state index in [-0.39, 0.29) is 12.3 Å². The molecule has 2 aromatic carbocycles. The van der Waals surface area contributed by atoms with Crippen molar-refractivity contribution in [3.63, 3.8) is 0 Å². The van der Waals surface area contributed by atoms with E-state index in [4.69, 9.17) is 0 Å². The quantitative estimate of drug-likeness (QED) is 0.436. The number of alkyl halides is 2. The monoisotopic (exact) mass is 414 g/mol. The van der Waals surface area contributed by atoms with Crippen molar-refractivity contribution in [3.8, 4) is 11.4 Å². The predicted molar refractivity (Wildman–Crippen MR) is 111 cm³/mol. The summed E-state index contributed by atoms with van der Waals surface area (Å²) in [5.41, 5.74) is 2.48. The number of nitrogens with zero attached hydrogens (tertiary/aromatic N) is 4. The van der Waals surface area contributed by atoms with Gasteiger partial charge in [0.25, 0.3) is 0 Å². The molecule has 0 atom stereocenters. The third-order valence-corrected chi connectivity index (χ3v) is 4.25. The summed E-state index contributed by atoms with van der Waals surface area (Å²) in [5, 5.41) is 14.5. The van der Waals surface area contributed by atoms with Gasteiger partial charge in [-0.1, -0.05) is 35.9 Å². The maximum absolute atomic E-state index is 12.7. The predicted octanol–water partition coefficient (Wildman–Crippen LogP) is 3.43. The number of nitrogens with one attached hydrogen (secondary N) is 2. The minimum Gasteiger partial charge on any atom is -0.434 e. The molecule has 30 heavy (non-hydrogen) atoms. The Morgan fingerprint density at radius 1 is 1.17 bits per heavy atom. The zero-order chi connectivity index (χ0) is 21.3. The smallest absolute Gasteiger partial charge is 0.387 e. The fourth-order valence-corrected chi connectivity index (χ4v) is 2.90. The number of aryl methyl sites for hydroxylation is 1. The summed E-state index contributed by atoms with van der Waals surface area (Å²) in [7, 11) is 0. The number of para-hydroxylation sites is 1. The Balaban J connectivity index is 1.73. The van der Waals surface area contributed by atoms with Gasteiger partial charge in [-0.25, -0.2) is 4.99 Å². The lowest BCUT2D eigenvalue weighted by atomic mass is 10.1. The first-order valence-electron chi connectivity index (χ1n) is 9.57. The van der Waals surface area contributed by atoms with Crippen LogP contribution in [0.5, 0.6) is 5.75 Å². The van der Waals surface area contributed by atoms with E-state index in [1.807, 2.05) is 48.7 Å². The average Bonchev–Trinajstić information content (AvgIpc) is 3.21. The summed E-state index contributed by atoms with van der Waals surface area (Å²) in [4.78, 5) is 4.51. The molecule has 0 saturated carbocycles. The van der Waals surface area contributed by atoms with Crippen molar-refractivity contribution in [1.29, 1.82) is 0 Å².